The molecule has 4 aromatic heterocycles. The summed E-state index contributed by atoms with van der Waals surface area (Å²) in [7, 11) is -20.9. The zero-order valence-electron chi connectivity index (χ0n) is 48.1. The van der Waals surface area contributed by atoms with Gasteiger partial charge in [-0.1, -0.05) is 46.4 Å². The van der Waals surface area contributed by atoms with Crippen molar-refractivity contribution < 1.29 is 141 Å². The van der Waals surface area contributed by atoms with Crippen LogP contribution in [0.3, 0.4) is 0 Å². The minimum atomic E-state index is -5.51. The Kier molecular flexibility index (Phi) is 21.0. The number of H-pyrrole nitrogens is 4. The molecule has 4 aliphatic heterocycles. The highest BCUT2D eigenvalue weighted by Crippen LogP contribution is 2.47. The minimum absolute atomic E-state index is 0.191. The first kappa shape index (κ1) is 65.2. The first-order valence-corrected chi connectivity index (χ1v) is 30.1. The third kappa shape index (κ3) is 20.9. The number of ether oxygens (including phenoxy) is 4. The van der Waals surface area contributed by atoms with Crippen molar-refractivity contribution in [3.63, 3.8) is 0 Å². The van der Waals surface area contributed by atoms with E-state index in [1.165, 1.54) is 0 Å². The molecule has 0 radical (unpaired) electrons. The highest BCUT2D eigenvalue weighted by Gasteiger charge is 2.53. The molecule has 0 bridgehead atoms. The van der Waals surface area contributed by atoms with Crippen molar-refractivity contribution in [3.05, 3.63) is 128 Å². The number of nitrogens with one attached hydrogen (secondary N) is 4. The monoisotopic (exact) mass is 1450 g/mol. The number of halogens is 8. The van der Waals surface area contributed by atoms with Crippen LogP contribution >= 0.6 is 77.7 Å². The maximum atomic E-state index is 14.8. The Balaban J connectivity index is 0.000000227. The third-order valence-electron chi connectivity index (χ3n) is 10.6. The second kappa shape index (κ2) is 28.3. The van der Waals surface area contributed by atoms with Crippen LogP contribution in [-0.2, 0) is 55.3 Å². The van der Waals surface area contributed by atoms with Crippen molar-refractivity contribution in [2.75, 3.05) is 26.3 Å². The van der Waals surface area contributed by atoms with Gasteiger partial charge in [0, 0.05) is 50.5 Å². The molecule has 0 aliphatic carbocycles. The molecule has 40 nitrogen and oxygen atoms in total. The number of phosphoric acid groups is 4. The molecule has 16 N–H and O–H groups in total. The second-order valence-electron chi connectivity index (χ2n) is 17.5. The van der Waals surface area contributed by atoms with Crippen LogP contribution in [0.15, 0.2) is 63.1 Å². The Labute approximate surface area is 508 Å². The van der Waals surface area contributed by atoms with Gasteiger partial charge in [0.2, 0.25) is 23.4 Å². The predicted molar refractivity (Wildman–Crippen MR) is 276 cm³/mol. The van der Waals surface area contributed by atoms with E-state index in [-0.39, 0.29) is 4.57 Å². The van der Waals surface area contributed by atoms with Crippen molar-refractivity contribution in [2.24, 2.45) is 0 Å². The average Bonchev–Trinajstić information content (AvgIpc) is 1.59. The second-order valence-corrected chi connectivity index (χ2v) is 23.9. The van der Waals surface area contributed by atoms with Crippen LogP contribution in [0.1, 0.15) is 58.8 Å². The summed E-state index contributed by atoms with van der Waals surface area (Å²) in [6.45, 7) is -9.90. The van der Waals surface area contributed by atoms with Crippen molar-refractivity contribution in [1.82, 2.24) is 38.2 Å². The Hall–Kier alpha value is -4.28. The third-order valence-corrected chi connectivity index (χ3v) is 13.2. The molecule has 0 amide bonds. The SMILES string of the molecule is O=c1[nH]c(=O)n([C@@H]2O[C@](F)(COP(=O)(O)O)C[C@H]2O)cc1Cl.[2H]C([2H])(OP(=O)(O)O)[C@]1(F)C[C@@H](O)[C@H](n2cc(Cl)c(=O)[nH]c2=O)O1.[2H]C([2H])(OP(=O)(O)O)[C@]1(F)C[C@@H](O)[C@]([2H])(n2cc(Cl)c(=O)[nH]c2=O)O1.[2H][C@@]1(n2cc(Cl)c(=O)[nH]c2=O)O[C@](F)(COP(=O)(O)O)C[C@H]1O. The van der Waals surface area contributed by atoms with Gasteiger partial charge in [0.05, 0.1) is 8.22 Å². The number of alkyl halides is 4. The highest BCUT2D eigenvalue weighted by molar-refractivity contribution is 7.47. The molecule has 12 atom stereocenters. The first-order valence-electron chi connectivity index (χ1n) is 25.5. The molecular weight excluding hydrogens is 1400 g/mol. The molecule has 0 aromatic carbocycles. The van der Waals surface area contributed by atoms with Gasteiger partial charge in [-0.05, 0) is 0 Å². The van der Waals surface area contributed by atoms with Gasteiger partial charge in [0.25, 0.3) is 22.2 Å². The van der Waals surface area contributed by atoms with Crippen LogP contribution < -0.4 is 45.0 Å². The first-order chi connectivity index (χ1) is 42.2. The molecule has 4 aromatic rings. The predicted octanol–water partition coefficient (Wildman–Crippen LogP) is -3.02. The summed E-state index contributed by atoms with van der Waals surface area (Å²) < 4.78 is 182. The van der Waals surface area contributed by atoms with Crippen LogP contribution in [0, 0.1) is 0 Å². The van der Waals surface area contributed by atoms with E-state index in [1.807, 2.05) is 4.98 Å². The number of nitrogens with zero attached hydrogens (tertiary/aromatic N) is 4. The maximum absolute atomic E-state index is 14.8. The molecule has 8 rings (SSSR count). The molecule has 0 spiro atoms. The molecule has 4 saturated heterocycles. The number of aliphatic hydroxyl groups excluding tert-OH is 4. The largest absolute Gasteiger partial charge is 0.469 e. The number of hydrogen-bond acceptors (Lipinski definition) is 24. The Bertz CT molecular complexity index is 4240. The van der Waals surface area contributed by atoms with Crippen LogP contribution in [0.4, 0.5) is 17.6 Å². The lowest BCUT2D eigenvalue weighted by molar-refractivity contribution is -0.178. The van der Waals surface area contributed by atoms with E-state index in [4.69, 9.17) is 98.5 Å². The number of rotatable bonds is 16. The van der Waals surface area contributed by atoms with Crippen molar-refractivity contribution in [1.29, 1.82) is 0 Å². The topological polar surface area (TPSA) is 604 Å². The van der Waals surface area contributed by atoms with E-state index >= 15 is 0 Å². The van der Waals surface area contributed by atoms with Gasteiger partial charge in [0.1, 0.15) is 70.8 Å². The number of aromatic nitrogens is 8. The van der Waals surface area contributed by atoms with Gasteiger partial charge in [-0.15, -0.1) is 0 Å². The molecule has 0 saturated carbocycles. The zero-order valence-corrected chi connectivity index (χ0v) is 48.8. The summed E-state index contributed by atoms with van der Waals surface area (Å²) in [5.41, 5.74) is -8.47. The normalized spacial score (nSPS) is 32.0. The summed E-state index contributed by atoms with van der Waals surface area (Å²) in [5.74, 6) is -12.9. The van der Waals surface area contributed by atoms with Crippen LogP contribution in [0.5, 0.6) is 0 Å². The Morgan fingerprint density at radius 1 is 0.455 bits per heavy atom. The fourth-order valence-corrected chi connectivity index (χ4v) is 8.91. The molecular formula is C36H44Cl4F4N8O32P4. The van der Waals surface area contributed by atoms with E-state index in [1.54, 1.807) is 15.0 Å². The molecule has 8 heterocycles. The number of aliphatic hydroxyl groups is 4. The van der Waals surface area contributed by atoms with E-state index in [2.05, 4.69) is 32.3 Å². The molecule has 496 valence electrons. The minimum Gasteiger partial charge on any atom is -0.388 e. The number of phosphoric ester groups is 4. The van der Waals surface area contributed by atoms with Gasteiger partial charge in [-0.3, -0.25) is 75.5 Å². The molecule has 4 fully saturated rings. The van der Waals surface area contributed by atoms with Gasteiger partial charge in [-0.2, -0.15) is 0 Å². The average molecular weight is 1450 g/mol. The smallest absolute Gasteiger partial charge is 0.388 e. The van der Waals surface area contributed by atoms with Crippen molar-refractivity contribution in [3.8, 4) is 0 Å². The zero-order chi connectivity index (χ0) is 72.3. The lowest BCUT2D eigenvalue weighted by Crippen LogP contribution is -2.36. The van der Waals surface area contributed by atoms with Gasteiger partial charge in [0.15, 0.2) is 24.9 Å². The summed E-state index contributed by atoms with van der Waals surface area (Å²) in [6, 6.07) is 0. The molecule has 88 heavy (non-hydrogen) atoms. The Morgan fingerprint density at radius 2 is 0.693 bits per heavy atom. The van der Waals surface area contributed by atoms with Crippen LogP contribution in [-0.4, -0.2) is 172 Å². The summed E-state index contributed by atoms with van der Waals surface area (Å²) in [5, 5.41) is 37.4. The van der Waals surface area contributed by atoms with E-state index in [0.29, 0.717) is 26.1 Å². The number of aromatic amines is 4. The van der Waals surface area contributed by atoms with Crippen LogP contribution in [0.2, 0.25) is 20.1 Å². The summed E-state index contributed by atoms with van der Waals surface area (Å²) in [6.07, 6.45) is -17.8. The van der Waals surface area contributed by atoms with Gasteiger partial charge < -0.3 is 78.5 Å². The standard InChI is InChI=1S/4C9H11ClFN2O8P/c4*10-4-2-13(8(16)12-6(4)15)7-5(14)1-9(11,21-7)3-20-22(17,18)19/h4*2,5,7,14H,1,3H2,(H,12,15,16)(H2,17,18,19)/t4*5-,7-,9+/m1111/s1/i3D2,7D;7D;3D2;. The quantitative estimate of drug-likeness (QED) is 0.0392. The van der Waals surface area contributed by atoms with Crippen molar-refractivity contribution >= 4 is 77.7 Å². The highest BCUT2D eigenvalue weighted by atomic mass is 35.5. The van der Waals surface area contributed by atoms with Gasteiger partial charge >= 0.3 is 54.0 Å². The molecule has 52 heteroatoms. The fourth-order valence-electron chi connectivity index (χ4n) is 7.08. The molecule has 0 unspecified atom stereocenters. The Morgan fingerprint density at radius 3 is 1.02 bits per heavy atom. The van der Waals surface area contributed by atoms with E-state index in [0.717, 1.165) is 12.4 Å². The molecule has 4 aliphatic rings. The lowest BCUT2D eigenvalue weighted by atomic mass is 10.2. The van der Waals surface area contributed by atoms with E-state index < -0.39 is 221 Å². The number of hydrogen-bond donors (Lipinski definition) is 16. The lowest BCUT2D eigenvalue weighted by Gasteiger charge is -2.21. The van der Waals surface area contributed by atoms with Crippen molar-refractivity contribution in [2.45, 2.75) is 98.4 Å². The fraction of sp³-hybridized carbons (Fsp3) is 0.556. The van der Waals surface area contributed by atoms with Crippen LogP contribution in [0.25, 0.3) is 0 Å². The van der Waals surface area contributed by atoms with Gasteiger partial charge in [-0.25, -0.2) is 55.0 Å². The summed E-state index contributed by atoms with van der Waals surface area (Å²) >= 11 is 22.1. The summed E-state index contributed by atoms with van der Waals surface area (Å²) in [4.78, 5) is 167. The maximum Gasteiger partial charge on any atom is 0.469 e. The van der Waals surface area contributed by atoms with E-state index in [9.17, 15) is 94.6 Å².